The standard InChI is InChI=1S/C29H25ClF2N4O2/c1-16-3-2-4-25(36-12-10-18(14-26(36)37)27-22(31)8-7-21(30)28(27)32)24-13-17(9-11-34-24)20-6-5-19(33)15-23(20)35-29(16)38/h5-16,25H,2-4,33H2,1H3,(H,35,38). The number of halogens is 3. The molecule has 1 aliphatic rings. The van der Waals surface area contributed by atoms with Gasteiger partial charge in [0.25, 0.3) is 5.56 Å². The number of fused-ring (bicyclic) bond motifs is 4. The lowest BCUT2D eigenvalue weighted by molar-refractivity contribution is -0.119. The van der Waals surface area contributed by atoms with Gasteiger partial charge in [0, 0.05) is 35.6 Å². The van der Waals surface area contributed by atoms with Crippen LogP contribution < -0.4 is 16.6 Å². The van der Waals surface area contributed by atoms with Crippen LogP contribution in [0, 0.1) is 17.6 Å². The largest absolute Gasteiger partial charge is 0.399 e. The highest BCUT2D eigenvalue weighted by Crippen LogP contribution is 2.34. The quantitative estimate of drug-likeness (QED) is 0.229. The van der Waals surface area contributed by atoms with Crippen LogP contribution in [-0.2, 0) is 4.79 Å². The van der Waals surface area contributed by atoms with Crippen LogP contribution in [0.15, 0.2) is 71.8 Å². The summed E-state index contributed by atoms with van der Waals surface area (Å²) >= 11 is 5.85. The minimum Gasteiger partial charge on any atom is -0.399 e. The molecule has 4 aromatic rings. The Bertz CT molecular complexity index is 1600. The van der Waals surface area contributed by atoms with Crippen LogP contribution >= 0.6 is 11.6 Å². The first-order valence-electron chi connectivity index (χ1n) is 12.3. The number of carbonyl (C=O) groups excluding carboxylic acids is 1. The molecule has 3 heterocycles. The van der Waals surface area contributed by atoms with E-state index in [2.05, 4.69) is 10.3 Å². The molecular weight excluding hydrogens is 510 g/mol. The van der Waals surface area contributed by atoms with Crippen LogP contribution in [0.5, 0.6) is 0 Å². The SMILES string of the molecule is CC1CCCC(n2ccc(-c3c(F)ccc(Cl)c3F)cc2=O)c2cc(ccn2)-c2ccc(N)cc2NC1=O. The molecule has 1 amide bonds. The highest BCUT2D eigenvalue weighted by molar-refractivity contribution is 6.31. The Balaban J connectivity index is 1.62. The molecule has 5 rings (SSSR count). The molecule has 2 aromatic heterocycles. The molecule has 6 nitrogen and oxygen atoms in total. The lowest BCUT2D eigenvalue weighted by Crippen LogP contribution is -2.26. The summed E-state index contributed by atoms with van der Waals surface area (Å²) in [5.41, 5.74) is 8.65. The Morgan fingerprint density at radius 1 is 1.03 bits per heavy atom. The van der Waals surface area contributed by atoms with Crippen molar-refractivity contribution in [1.29, 1.82) is 0 Å². The van der Waals surface area contributed by atoms with Crippen LogP contribution in [0.4, 0.5) is 20.2 Å². The Kier molecular flexibility index (Phi) is 6.99. The van der Waals surface area contributed by atoms with Gasteiger partial charge < -0.3 is 15.6 Å². The van der Waals surface area contributed by atoms with Gasteiger partial charge in [-0.05, 0) is 66.4 Å². The number of nitrogens with two attached hydrogens (primary N) is 1. The lowest BCUT2D eigenvalue weighted by atomic mass is 9.95. The fourth-order valence-corrected chi connectivity index (χ4v) is 5.00. The summed E-state index contributed by atoms with van der Waals surface area (Å²) < 4.78 is 30.6. The van der Waals surface area contributed by atoms with E-state index in [1.165, 1.54) is 22.9 Å². The molecule has 0 saturated heterocycles. The van der Waals surface area contributed by atoms with Crippen LogP contribution in [0.2, 0.25) is 5.02 Å². The maximum absolute atomic E-state index is 14.6. The number of aromatic nitrogens is 2. The first-order valence-corrected chi connectivity index (χ1v) is 12.6. The maximum atomic E-state index is 14.6. The molecule has 2 aromatic carbocycles. The summed E-state index contributed by atoms with van der Waals surface area (Å²) in [5, 5.41) is 2.77. The summed E-state index contributed by atoms with van der Waals surface area (Å²) in [6, 6.07) is 13.5. The van der Waals surface area contributed by atoms with Gasteiger partial charge in [-0.1, -0.05) is 31.0 Å². The Labute approximate surface area is 223 Å². The first kappa shape index (κ1) is 25.6. The summed E-state index contributed by atoms with van der Waals surface area (Å²) in [6.45, 7) is 1.86. The van der Waals surface area contributed by atoms with Crippen molar-refractivity contribution in [2.24, 2.45) is 5.92 Å². The third-order valence-electron chi connectivity index (χ3n) is 6.91. The van der Waals surface area contributed by atoms with Gasteiger partial charge in [0.1, 0.15) is 5.82 Å². The molecule has 0 radical (unpaired) electrons. The van der Waals surface area contributed by atoms with E-state index in [4.69, 9.17) is 17.3 Å². The number of nitrogen functional groups attached to an aromatic ring is 1. The average molecular weight is 535 g/mol. The van der Waals surface area contributed by atoms with Crippen molar-refractivity contribution in [3.05, 3.63) is 99.7 Å². The molecule has 2 bridgehead atoms. The monoisotopic (exact) mass is 534 g/mol. The van der Waals surface area contributed by atoms with Crippen molar-refractivity contribution in [1.82, 2.24) is 9.55 Å². The van der Waals surface area contributed by atoms with Crippen molar-refractivity contribution in [3.63, 3.8) is 0 Å². The Morgan fingerprint density at radius 2 is 1.84 bits per heavy atom. The zero-order chi connectivity index (χ0) is 27.0. The predicted molar refractivity (Wildman–Crippen MR) is 145 cm³/mol. The number of pyridine rings is 2. The van der Waals surface area contributed by atoms with Crippen LogP contribution in [-0.4, -0.2) is 15.5 Å². The highest BCUT2D eigenvalue weighted by Gasteiger charge is 2.23. The molecule has 1 aliphatic heterocycles. The van der Waals surface area contributed by atoms with E-state index < -0.39 is 23.2 Å². The highest BCUT2D eigenvalue weighted by atomic mass is 35.5. The summed E-state index contributed by atoms with van der Waals surface area (Å²) in [7, 11) is 0. The van der Waals surface area contributed by atoms with Crippen molar-refractivity contribution in [2.75, 3.05) is 11.1 Å². The second kappa shape index (κ2) is 10.4. The van der Waals surface area contributed by atoms with E-state index in [9.17, 15) is 18.4 Å². The second-order valence-corrected chi connectivity index (χ2v) is 9.90. The summed E-state index contributed by atoms with van der Waals surface area (Å²) in [6.07, 6.45) is 4.94. The van der Waals surface area contributed by atoms with E-state index in [0.717, 1.165) is 23.3 Å². The van der Waals surface area contributed by atoms with Gasteiger partial charge in [0.05, 0.1) is 28.0 Å². The van der Waals surface area contributed by atoms with Crippen molar-refractivity contribution in [2.45, 2.75) is 32.2 Å². The van der Waals surface area contributed by atoms with Crippen LogP contribution in [0.25, 0.3) is 22.3 Å². The minimum atomic E-state index is -0.921. The number of amides is 1. The smallest absolute Gasteiger partial charge is 0.251 e. The number of carbonyl (C=O) groups is 1. The number of hydrogen-bond acceptors (Lipinski definition) is 4. The molecule has 194 valence electrons. The van der Waals surface area contributed by atoms with Gasteiger partial charge >= 0.3 is 0 Å². The van der Waals surface area contributed by atoms with Gasteiger partial charge in [0.2, 0.25) is 5.91 Å². The van der Waals surface area contributed by atoms with E-state index in [0.29, 0.717) is 36.3 Å². The zero-order valence-corrected chi connectivity index (χ0v) is 21.3. The molecule has 2 atom stereocenters. The fourth-order valence-electron chi connectivity index (χ4n) is 4.84. The van der Waals surface area contributed by atoms with Crippen molar-refractivity contribution in [3.8, 4) is 22.3 Å². The fraction of sp³-hybridized carbons (Fsp3) is 0.207. The number of benzene rings is 2. The molecule has 38 heavy (non-hydrogen) atoms. The van der Waals surface area contributed by atoms with Gasteiger partial charge in [-0.2, -0.15) is 0 Å². The molecule has 2 unspecified atom stereocenters. The Morgan fingerprint density at radius 3 is 2.63 bits per heavy atom. The van der Waals surface area contributed by atoms with E-state index in [1.807, 2.05) is 25.1 Å². The zero-order valence-electron chi connectivity index (χ0n) is 20.5. The van der Waals surface area contributed by atoms with Crippen LogP contribution in [0.3, 0.4) is 0 Å². The van der Waals surface area contributed by atoms with Crippen molar-refractivity contribution >= 4 is 28.9 Å². The lowest BCUT2D eigenvalue weighted by Gasteiger charge is -2.23. The second-order valence-electron chi connectivity index (χ2n) is 9.49. The van der Waals surface area contributed by atoms with Crippen molar-refractivity contribution < 1.29 is 13.6 Å². The third kappa shape index (κ3) is 4.91. The molecule has 0 aliphatic carbocycles. The third-order valence-corrected chi connectivity index (χ3v) is 7.21. The molecule has 0 saturated carbocycles. The molecule has 0 spiro atoms. The summed E-state index contributed by atoms with van der Waals surface area (Å²) in [4.78, 5) is 30.8. The molecular formula is C29H25ClF2N4O2. The van der Waals surface area contributed by atoms with E-state index in [1.54, 1.807) is 18.3 Å². The predicted octanol–water partition coefficient (Wildman–Crippen LogP) is 6.44. The topological polar surface area (TPSA) is 90.0 Å². The van der Waals surface area contributed by atoms with Crippen LogP contribution in [0.1, 0.15) is 37.9 Å². The van der Waals surface area contributed by atoms with Gasteiger partial charge in [0.15, 0.2) is 5.82 Å². The number of anilines is 2. The van der Waals surface area contributed by atoms with Gasteiger partial charge in [-0.15, -0.1) is 0 Å². The number of rotatable bonds is 2. The first-order chi connectivity index (χ1) is 18.2. The molecule has 0 fully saturated rings. The summed E-state index contributed by atoms with van der Waals surface area (Å²) in [5.74, 6) is -2.12. The normalized spacial score (nSPS) is 17.6. The molecule has 3 N–H and O–H groups in total. The molecule has 9 heteroatoms. The number of hydrogen-bond donors (Lipinski definition) is 2. The maximum Gasteiger partial charge on any atom is 0.251 e. The van der Waals surface area contributed by atoms with Gasteiger partial charge in [-0.3, -0.25) is 14.6 Å². The number of nitrogens with one attached hydrogen (secondary N) is 1. The van der Waals surface area contributed by atoms with E-state index in [-0.39, 0.29) is 28.0 Å². The number of nitrogens with zero attached hydrogens (tertiary/aromatic N) is 2. The van der Waals surface area contributed by atoms with Gasteiger partial charge in [-0.25, -0.2) is 8.78 Å². The Hall–Kier alpha value is -4.04. The minimum absolute atomic E-state index is 0.0930. The average Bonchev–Trinajstić information content (AvgIpc) is 2.89. The van der Waals surface area contributed by atoms with E-state index >= 15 is 0 Å².